The summed E-state index contributed by atoms with van der Waals surface area (Å²) in [6, 6.07) is 8.42. The van der Waals surface area contributed by atoms with Crippen LogP contribution in [0, 0.1) is 0 Å². The van der Waals surface area contributed by atoms with Crippen LogP contribution >= 0.6 is 24.8 Å². The van der Waals surface area contributed by atoms with Gasteiger partial charge in [0, 0.05) is 63.4 Å². The normalized spacial score (nSPS) is 16.2. The van der Waals surface area contributed by atoms with E-state index in [4.69, 9.17) is 4.98 Å². The van der Waals surface area contributed by atoms with Crippen molar-refractivity contribution in [3.63, 3.8) is 0 Å². The number of hydrogen-bond donors (Lipinski definition) is 2. The Labute approximate surface area is 224 Å². The maximum Gasteiger partial charge on any atom is 0.271 e. The molecule has 11 heteroatoms. The highest BCUT2D eigenvalue weighted by molar-refractivity contribution is 5.96. The van der Waals surface area contributed by atoms with E-state index >= 15 is 0 Å². The number of hydrogen-bond acceptors (Lipinski definition) is 7. The van der Waals surface area contributed by atoms with Crippen molar-refractivity contribution in [1.29, 1.82) is 0 Å². The molecule has 2 N–H and O–H groups in total. The van der Waals surface area contributed by atoms with Gasteiger partial charge < -0.3 is 20.4 Å². The van der Waals surface area contributed by atoms with Crippen LogP contribution in [0.1, 0.15) is 35.5 Å². The minimum Gasteiger partial charge on any atom is -0.369 e. The summed E-state index contributed by atoms with van der Waals surface area (Å²) in [4.78, 5) is 26.7. The predicted molar refractivity (Wildman–Crippen MR) is 148 cm³/mol. The van der Waals surface area contributed by atoms with Gasteiger partial charge in [-0.1, -0.05) is 13.8 Å². The molecule has 0 saturated carbocycles. The molecule has 1 aliphatic carbocycles. The van der Waals surface area contributed by atoms with Crippen molar-refractivity contribution >= 4 is 48.0 Å². The molecule has 1 fully saturated rings. The third-order valence-corrected chi connectivity index (χ3v) is 6.88. The Hall–Kier alpha value is -2.88. The van der Waals surface area contributed by atoms with E-state index in [2.05, 4.69) is 75.7 Å². The monoisotopic (exact) mass is 532 g/mol. The number of nitrogens with one attached hydrogen (secondary N) is 2. The number of anilines is 3. The molecule has 0 bridgehead atoms. The van der Waals surface area contributed by atoms with Gasteiger partial charge in [0.15, 0.2) is 5.69 Å². The molecule has 194 valence electrons. The number of halogens is 2. The van der Waals surface area contributed by atoms with Crippen LogP contribution in [0.3, 0.4) is 0 Å². The van der Waals surface area contributed by atoms with Crippen molar-refractivity contribution in [2.24, 2.45) is 7.05 Å². The van der Waals surface area contributed by atoms with E-state index in [1.165, 1.54) is 5.69 Å². The van der Waals surface area contributed by atoms with Crippen LogP contribution in [0.5, 0.6) is 0 Å². The number of rotatable bonds is 4. The quantitative estimate of drug-likeness (QED) is 0.531. The van der Waals surface area contributed by atoms with Gasteiger partial charge in [0.25, 0.3) is 5.91 Å². The summed E-state index contributed by atoms with van der Waals surface area (Å²) < 4.78 is 1.77. The lowest BCUT2D eigenvalue weighted by molar-refractivity contribution is 0.0955. The van der Waals surface area contributed by atoms with Crippen LogP contribution in [-0.4, -0.2) is 70.8 Å². The first-order valence-corrected chi connectivity index (χ1v) is 11.7. The molecule has 0 radical (unpaired) electrons. The van der Waals surface area contributed by atoms with Crippen molar-refractivity contribution in [2.45, 2.75) is 25.7 Å². The standard InChI is InChI=1S/C25H32N8O.2ClH/c1-25(2)14-16-15-27-24(29-20(16)22-19(25)21(23(34)26-3)30-32(22)5)28-17-6-8-18(9-7-17)33-12-10-31(4)11-13-33;;/h6-9,15H,10-14H2,1-5H3,(H,26,34)(H,27,28,29);2*1H. The minimum absolute atomic E-state index is 0. The van der Waals surface area contributed by atoms with Gasteiger partial charge in [0.2, 0.25) is 5.95 Å². The Bertz CT molecular complexity index is 1230. The lowest BCUT2D eigenvalue weighted by Crippen LogP contribution is -2.44. The average molecular weight is 534 g/mol. The Morgan fingerprint density at radius 2 is 1.69 bits per heavy atom. The fraction of sp³-hybridized carbons (Fsp3) is 0.440. The van der Waals surface area contributed by atoms with E-state index in [9.17, 15) is 4.79 Å². The highest BCUT2D eigenvalue weighted by Crippen LogP contribution is 2.43. The third-order valence-electron chi connectivity index (χ3n) is 6.88. The minimum atomic E-state index is -0.254. The number of fused-ring (bicyclic) bond motifs is 3. The Balaban J connectivity index is 0.00000180. The van der Waals surface area contributed by atoms with Gasteiger partial charge in [-0.3, -0.25) is 9.48 Å². The Morgan fingerprint density at radius 1 is 1.03 bits per heavy atom. The second-order valence-electron chi connectivity index (χ2n) is 9.87. The highest BCUT2D eigenvalue weighted by Gasteiger charge is 2.39. The molecular formula is C25H34Cl2N8O. The van der Waals surface area contributed by atoms with Crippen molar-refractivity contribution < 1.29 is 4.79 Å². The summed E-state index contributed by atoms with van der Waals surface area (Å²) in [5, 5.41) is 10.6. The van der Waals surface area contributed by atoms with Crippen LogP contribution in [0.15, 0.2) is 30.5 Å². The first-order valence-electron chi connectivity index (χ1n) is 11.7. The largest absolute Gasteiger partial charge is 0.369 e. The molecule has 0 atom stereocenters. The Morgan fingerprint density at radius 3 is 2.33 bits per heavy atom. The zero-order valence-corrected chi connectivity index (χ0v) is 23.0. The van der Waals surface area contributed by atoms with E-state index < -0.39 is 0 Å². The number of aromatic nitrogens is 4. The molecule has 3 heterocycles. The molecule has 1 aromatic carbocycles. The summed E-state index contributed by atoms with van der Waals surface area (Å²) in [7, 11) is 5.66. The maximum atomic E-state index is 12.5. The number of carbonyl (C=O) groups excluding carboxylic acids is 1. The number of amides is 1. The van der Waals surface area contributed by atoms with Crippen molar-refractivity contribution in [2.75, 3.05) is 50.5 Å². The molecule has 9 nitrogen and oxygen atoms in total. The zero-order valence-electron chi connectivity index (χ0n) is 21.3. The summed E-state index contributed by atoms with van der Waals surface area (Å²) in [5.41, 5.74) is 6.06. The van der Waals surface area contributed by atoms with Gasteiger partial charge in [-0.05, 0) is 48.7 Å². The van der Waals surface area contributed by atoms with Crippen LogP contribution < -0.4 is 15.5 Å². The van der Waals surface area contributed by atoms with Crippen molar-refractivity contribution in [3.05, 3.63) is 47.3 Å². The number of benzene rings is 1. The van der Waals surface area contributed by atoms with E-state index in [-0.39, 0.29) is 36.1 Å². The average Bonchev–Trinajstić information content (AvgIpc) is 3.18. The molecule has 0 unspecified atom stereocenters. The smallest absolute Gasteiger partial charge is 0.271 e. The second kappa shape index (κ2) is 10.6. The fourth-order valence-corrected chi connectivity index (χ4v) is 5.03. The van der Waals surface area contributed by atoms with Gasteiger partial charge >= 0.3 is 0 Å². The van der Waals surface area contributed by atoms with Gasteiger partial charge in [0.05, 0.1) is 11.4 Å². The van der Waals surface area contributed by atoms with Crippen LogP contribution in [0.25, 0.3) is 11.4 Å². The number of likely N-dealkylation sites (N-methyl/N-ethyl adjacent to an activating group) is 1. The van der Waals surface area contributed by atoms with E-state index in [0.29, 0.717) is 11.6 Å². The number of aryl methyl sites for hydroxylation is 1. The Kier molecular flexibility index (Phi) is 8.17. The number of carbonyl (C=O) groups is 1. The molecule has 3 aromatic rings. The summed E-state index contributed by atoms with van der Waals surface area (Å²) >= 11 is 0. The van der Waals surface area contributed by atoms with Crippen LogP contribution in [0.2, 0.25) is 0 Å². The third kappa shape index (κ3) is 5.00. The summed E-state index contributed by atoms with van der Waals surface area (Å²) in [5.74, 6) is 0.348. The van der Waals surface area contributed by atoms with E-state index in [1.807, 2.05) is 13.2 Å². The molecule has 0 spiro atoms. The fourth-order valence-electron chi connectivity index (χ4n) is 5.03. The van der Waals surface area contributed by atoms with E-state index in [0.717, 1.165) is 60.8 Å². The maximum absolute atomic E-state index is 12.5. The topological polar surface area (TPSA) is 91.2 Å². The molecular weight excluding hydrogens is 499 g/mol. The van der Waals surface area contributed by atoms with Gasteiger partial charge in [-0.15, -0.1) is 24.8 Å². The summed E-state index contributed by atoms with van der Waals surface area (Å²) in [6.07, 6.45) is 2.63. The summed E-state index contributed by atoms with van der Waals surface area (Å²) in [6.45, 7) is 8.51. The molecule has 1 saturated heterocycles. The number of nitrogens with zero attached hydrogens (tertiary/aromatic N) is 6. The number of piperazine rings is 1. The SMILES string of the molecule is CNC(=O)c1nn(C)c2c1C(C)(C)Cc1cnc(Nc3ccc(N4CCN(C)CC4)cc3)nc1-2.Cl.Cl. The molecule has 36 heavy (non-hydrogen) atoms. The lowest BCUT2D eigenvalue weighted by Gasteiger charge is -2.34. The zero-order chi connectivity index (χ0) is 24.0. The van der Waals surface area contributed by atoms with Crippen LogP contribution in [0.4, 0.5) is 17.3 Å². The molecule has 5 rings (SSSR count). The van der Waals surface area contributed by atoms with Gasteiger partial charge in [-0.2, -0.15) is 5.10 Å². The highest BCUT2D eigenvalue weighted by atomic mass is 35.5. The lowest BCUT2D eigenvalue weighted by atomic mass is 9.73. The van der Waals surface area contributed by atoms with Gasteiger partial charge in [0.1, 0.15) is 0 Å². The molecule has 2 aliphatic rings. The van der Waals surface area contributed by atoms with Crippen LogP contribution in [-0.2, 0) is 18.9 Å². The molecule has 1 aliphatic heterocycles. The predicted octanol–water partition coefficient (Wildman–Crippen LogP) is 3.41. The molecule has 2 aromatic heterocycles. The first kappa shape index (κ1) is 27.7. The second-order valence-corrected chi connectivity index (χ2v) is 9.87. The van der Waals surface area contributed by atoms with E-state index in [1.54, 1.807) is 11.7 Å². The first-order chi connectivity index (χ1) is 16.3. The molecule has 1 amide bonds. The van der Waals surface area contributed by atoms with Crippen molar-refractivity contribution in [1.82, 2.24) is 30.0 Å². The van der Waals surface area contributed by atoms with Crippen molar-refractivity contribution in [3.8, 4) is 11.4 Å². The van der Waals surface area contributed by atoms with Gasteiger partial charge in [-0.25, -0.2) is 9.97 Å².